The predicted octanol–water partition coefficient (Wildman–Crippen LogP) is -0.175. The van der Waals surface area contributed by atoms with Gasteiger partial charge in [0.25, 0.3) is 0 Å². The zero-order valence-corrected chi connectivity index (χ0v) is 11.9. The van der Waals surface area contributed by atoms with Gasteiger partial charge in [0.1, 0.15) is 15.7 Å². The van der Waals surface area contributed by atoms with Crippen LogP contribution in [-0.2, 0) is 19.9 Å². The lowest BCUT2D eigenvalue weighted by Gasteiger charge is -2.14. The van der Waals surface area contributed by atoms with E-state index in [1.807, 2.05) is 6.92 Å². The number of sulfone groups is 1. The van der Waals surface area contributed by atoms with Gasteiger partial charge in [0.05, 0.1) is 17.5 Å². The van der Waals surface area contributed by atoms with Crippen molar-refractivity contribution < 1.29 is 16.8 Å². The van der Waals surface area contributed by atoms with Crippen molar-refractivity contribution in [2.75, 3.05) is 17.8 Å². The number of hydrogen-bond donors (Lipinski definition) is 2. The number of imidazole rings is 1. The van der Waals surface area contributed by atoms with Crippen molar-refractivity contribution in [1.29, 1.82) is 0 Å². The van der Waals surface area contributed by atoms with E-state index in [9.17, 15) is 16.8 Å². The molecule has 1 heterocycles. The van der Waals surface area contributed by atoms with Crippen LogP contribution in [0, 0.1) is 0 Å². The molecule has 9 heteroatoms. The smallest absolute Gasteiger partial charge is 0.213 e. The molecule has 0 saturated heterocycles. The van der Waals surface area contributed by atoms with Crippen molar-refractivity contribution in [3.63, 3.8) is 0 Å². The first-order valence-electron chi connectivity index (χ1n) is 5.40. The molecule has 0 aliphatic heterocycles. The number of aromatic nitrogens is 2. The van der Waals surface area contributed by atoms with E-state index in [2.05, 4.69) is 14.7 Å². The summed E-state index contributed by atoms with van der Waals surface area (Å²) in [5.74, 6) is -0.319. The molecule has 1 rings (SSSR count). The first kappa shape index (κ1) is 15.1. The quantitative estimate of drug-likeness (QED) is 0.725. The van der Waals surface area contributed by atoms with E-state index >= 15 is 0 Å². The number of aromatic amines is 1. The zero-order valence-electron chi connectivity index (χ0n) is 10.3. The van der Waals surface area contributed by atoms with E-state index in [1.54, 1.807) is 6.20 Å². The van der Waals surface area contributed by atoms with Crippen LogP contribution in [-0.4, -0.2) is 44.6 Å². The van der Waals surface area contributed by atoms with Crippen molar-refractivity contribution in [3.8, 4) is 0 Å². The Labute approximate surface area is 107 Å². The van der Waals surface area contributed by atoms with Crippen LogP contribution in [0.5, 0.6) is 0 Å². The average molecular weight is 295 g/mol. The third-order valence-corrected chi connectivity index (χ3v) is 4.89. The summed E-state index contributed by atoms with van der Waals surface area (Å²) in [6.07, 6.45) is 4.66. The summed E-state index contributed by atoms with van der Waals surface area (Å²) in [6.45, 7) is 1.81. The van der Waals surface area contributed by atoms with Gasteiger partial charge in [0, 0.05) is 18.6 Å². The number of rotatable bonds is 7. The Balaban J connectivity index is 2.70. The molecular weight excluding hydrogens is 278 g/mol. The maximum atomic E-state index is 11.7. The van der Waals surface area contributed by atoms with E-state index in [1.165, 1.54) is 6.20 Å². The highest BCUT2D eigenvalue weighted by atomic mass is 32.2. The predicted molar refractivity (Wildman–Crippen MR) is 68.3 cm³/mol. The van der Waals surface area contributed by atoms with Crippen molar-refractivity contribution in [2.24, 2.45) is 0 Å². The van der Waals surface area contributed by atoms with Crippen LogP contribution in [0.3, 0.4) is 0 Å². The molecule has 1 atom stereocenters. The van der Waals surface area contributed by atoms with Crippen molar-refractivity contribution in [3.05, 3.63) is 18.2 Å². The Morgan fingerprint density at radius 3 is 2.44 bits per heavy atom. The summed E-state index contributed by atoms with van der Waals surface area (Å²) < 4.78 is 47.8. The topological polar surface area (TPSA) is 109 Å². The van der Waals surface area contributed by atoms with Crippen molar-refractivity contribution >= 4 is 19.9 Å². The summed E-state index contributed by atoms with van der Waals surface area (Å²) >= 11 is 0. The molecule has 0 amide bonds. The number of nitrogens with zero attached hydrogens (tertiary/aromatic N) is 1. The Morgan fingerprint density at radius 1 is 1.33 bits per heavy atom. The highest BCUT2D eigenvalue weighted by molar-refractivity contribution is 7.93. The number of sulfonamides is 1. The largest absolute Gasteiger partial charge is 0.347 e. The van der Waals surface area contributed by atoms with Crippen LogP contribution < -0.4 is 4.72 Å². The molecule has 104 valence electrons. The van der Waals surface area contributed by atoms with Crippen LogP contribution >= 0.6 is 0 Å². The maximum absolute atomic E-state index is 11.7. The van der Waals surface area contributed by atoms with Gasteiger partial charge in [-0.3, -0.25) is 0 Å². The van der Waals surface area contributed by atoms with Crippen molar-refractivity contribution in [1.82, 2.24) is 14.7 Å². The summed E-state index contributed by atoms with van der Waals surface area (Å²) in [5, 5.41) is 0. The fourth-order valence-corrected chi connectivity index (χ4v) is 4.26. The van der Waals surface area contributed by atoms with Crippen molar-refractivity contribution in [2.45, 2.75) is 19.4 Å². The lowest BCUT2D eigenvalue weighted by molar-refractivity contribution is 0.539. The third-order valence-electron chi connectivity index (χ3n) is 2.30. The standard InChI is InChI=1S/C9H17N3O4S2/c1-3-8(9-10-4-5-11-9)12-18(15,16)7-6-17(2,13)14/h4-5,8,12H,3,6-7H2,1-2H3,(H,10,11). The van der Waals surface area contributed by atoms with E-state index in [0.717, 1.165) is 6.26 Å². The second-order valence-corrected chi connectivity index (χ2v) is 8.14. The average Bonchev–Trinajstić information content (AvgIpc) is 2.76. The minimum absolute atomic E-state index is 0.392. The van der Waals surface area contributed by atoms with Gasteiger partial charge in [0.2, 0.25) is 10.0 Å². The first-order valence-corrected chi connectivity index (χ1v) is 9.12. The van der Waals surface area contributed by atoms with Gasteiger partial charge in [-0.1, -0.05) is 6.92 Å². The maximum Gasteiger partial charge on any atom is 0.213 e. The molecule has 0 radical (unpaired) electrons. The molecule has 0 spiro atoms. The molecule has 0 saturated carbocycles. The van der Waals surface area contributed by atoms with Crippen LogP contribution in [0.15, 0.2) is 12.4 Å². The summed E-state index contributed by atoms with van der Waals surface area (Å²) in [4.78, 5) is 6.81. The molecule has 0 aliphatic carbocycles. The Morgan fingerprint density at radius 2 is 2.00 bits per heavy atom. The fourth-order valence-electron chi connectivity index (χ4n) is 1.34. The van der Waals surface area contributed by atoms with Crippen LogP contribution in [0.1, 0.15) is 25.2 Å². The lowest BCUT2D eigenvalue weighted by atomic mass is 10.2. The molecule has 1 aromatic rings. The van der Waals surface area contributed by atoms with E-state index in [0.29, 0.717) is 12.2 Å². The molecule has 0 aromatic carbocycles. The molecule has 7 nitrogen and oxygen atoms in total. The molecular formula is C9H17N3O4S2. The number of hydrogen-bond acceptors (Lipinski definition) is 5. The monoisotopic (exact) mass is 295 g/mol. The van der Waals surface area contributed by atoms with E-state index in [4.69, 9.17) is 0 Å². The van der Waals surface area contributed by atoms with Gasteiger partial charge in [0.15, 0.2) is 0 Å². The first-order chi connectivity index (χ1) is 8.23. The summed E-state index contributed by atoms with van der Waals surface area (Å²) in [6, 6.07) is -0.468. The molecule has 2 N–H and O–H groups in total. The zero-order chi connectivity index (χ0) is 13.8. The highest BCUT2D eigenvalue weighted by Crippen LogP contribution is 2.12. The highest BCUT2D eigenvalue weighted by Gasteiger charge is 2.21. The SMILES string of the molecule is CCC(NS(=O)(=O)CCS(C)(=O)=O)c1ncc[nH]1. The summed E-state index contributed by atoms with van der Waals surface area (Å²) in [5.41, 5.74) is 0. The molecule has 0 fully saturated rings. The minimum atomic E-state index is -3.64. The second-order valence-electron chi connectivity index (χ2n) is 4.00. The molecule has 0 bridgehead atoms. The fraction of sp³-hybridized carbons (Fsp3) is 0.667. The summed E-state index contributed by atoms with van der Waals surface area (Å²) in [7, 11) is -6.94. The van der Waals surface area contributed by atoms with Gasteiger partial charge in [-0.05, 0) is 6.42 Å². The van der Waals surface area contributed by atoms with Gasteiger partial charge in [-0.2, -0.15) is 0 Å². The Bertz CT molecular complexity index is 563. The van der Waals surface area contributed by atoms with Gasteiger partial charge < -0.3 is 4.98 Å². The Kier molecular flexibility index (Phi) is 4.88. The molecule has 18 heavy (non-hydrogen) atoms. The number of nitrogens with one attached hydrogen (secondary N) is 2. The van der Waals surface area contributed by atoms with Crippen LogP contribution in [0.25, 0.3) is 0 Å². The second kappa shape index (κ2) is 5.81. The van der Waals surface area contributed by atoms with Crippen LogP contribution in [0.2, 0.25) is 0 Å². The van der Waals surface area contributed by atoms with E-state index < -0.39 is 37.4 Å². The normalized spacial score (nSPS) is 14.6. The number of H-pyrrole nitrogens is 1. The Hall–Kier alpha value is -0.930. The van der Waals surface area contributed by atoms with E-state index in [-0.39, 0.29) is 0 Å². The third kappa shape index (κ3) is 5.15. The van der Waals surface area contributed by atoms with Gasteiger partial charge in [-0.15, -0.1) is 0 Å². The van der Waals surface area contributed by atoms with Gasteiger partial charge >= 0.3 is 0 Å². The molecule has 0 aliphatic rings. The van der Waals surface area contributed by atoms with Crippen LogP contribution in [0.4, 0.5) is 0 Å². The molecule has 1 unspecified atom stereocenters. The lowest BCUT2D eigenvalue weighted by Crippen LogP contribution is -2.33. The molecule has 1 aromatic heterocycles. The minimum Gasteiger partial charge on any atom is -0.347 e. The van der Waals surface area contributed by atoms with Gasteiger partial charge in [-0.25, -0.2) is 26.5 Å².